The van der Waals surface area contributed by atoms with Gasteiger partial charge in [-0.3, -0.25) is 0 Å². The second kappa shape index (κ2) is 7.50. The summed E-state index contributed by atoms with van der Waals surface area (Å²) in [5.74, 6) is 1.52. The smallest absolute Gasteiger partial charge is 0.488 e. The van der Waals surface area contributed by atoms with Crippen LogP contribution in [0.2, 0.25) is 0 Å². The number of thioether (sulfide) groups is 1. The van der Waals surface area contributed by atoms with Crippen LogP contribution in [-0.4, -0.2) is 34.5 Å². The number of benzene rings is 1. The predicted molar refractivity (Wildman–Crippen MR) is 86.2 cm³/mol. The summed E-state index contributed by atoms with van der Waals surface area (Å²) < 4.78 is 5.61. The first kappa shape index (κ1) is 15.9. The summed E-state index contributed by atoms with van der Waals surface area (Å²) in [5, 5.41) is 19.0. The summed E-state index contributed by atoms with van der Waals surface area (Å²) in [6.45, 7) is 4.62. The van der Waals surface area contributed by atoms with E-state index in [4.69, 9.17) is 14.8 Å². The maximum atomic E-state index is 9.00. The Morgan fingerprint density at radius 2 is 1.86 bits per heavy atom. The highest BCUT2D eigenvalue weighted by atomic mass is 32.2. The van der Waals surface area contributed by atoms with Crippen molar-refractivity contribution in [2.75, 3.05) is 12.4 Å². The standard InChI is InChI=1S/C15H18BNO3S/c1-11-9-12(2)17-15(10-11)21-8-7-20-14-5-3-13(4-6-14)16(18)19/h3-6,9-10,18-19H,7-8H2,1-2H3. The molecule has 0 unspecified atom stereocenters. The topological polar surface area (TPSA) is 62.6 Å². The first-order valence-electron chi connectivity index (χ1n) is 6.71. The van der Waals surface area contributed by atoms with Crippen molar-refractivity contribution in [1.29, 1.82) is 0 Å². The predicted octanol–water partition coefficient (Wildman–Crippen LogP) is 1.55. The van der Waals surface area contributed by atoms with Crippen molar-refractivity contribution in [2.45, 2.75) is 18.9 Å². The minimum Gasteiger partial charge on any atom is -0.493 e. The van der Waals surface area contributed by atoms with E-state index in [1.807, 2.05) is 6.92 Å². The van der Waals surface area contributed by atoms with Gasteiger partial charge in [-0.2, -0.15) is 0 Å². The fraction of sp³-hybridized carbons (Fsp3) is 0.267. The van der Waals surface area contributed by atoms with Crippen LogP contribution in [0.15, 0.2) is 41.4 Å². The average molecular weight is 303 g/mol. The molecule has 6 heteroatoms. The van der Waals surface area contributed by atoms with E-state index in [0.717, 1.165) is 16.5 Å². The second-order valence-electron chi connectivity index (χ2n) is 4.76. The molecule has 110 valence electrons. The van der Waals surface area contributed by atoms with Crippen LogP contribution in [0.25, 0.3) is 0 Å². The number of nitrogens with zero attached hydrogens (tertiary/aromatic N) is 1. The van der Waals surface area contributed by atoms with Crippen LogP contribution in [0, 0.1) is 13.8 Å². The molecular weight excluding hydrogens is 285 g/mol. The summed E-state index contributed by atoms with van der Waals surface area (Å²) in [5.41, 5.74) is 2.69. The number of rotatable bonds is 6. The molecule has 0 spiro atoms. The molecule has 0 atom stereocenters. The third-order valence-electron chi connectivity index (χ3n) is 2.85. The van der Waals surface area contributed by atoms with Gasteiger partial charge in [-0.15, -0.1) is 11.8 Å². The molecule has 0 aliphatic heterocycles. The Hall–Kier alpha value is -1.50. The van der Waals surface area contributed by atoms with Crippen molar-refractivity contribution in [3.8, 4) is 5.75 Å². The SMILES string of the molecule is Cc1cc(C)nc(SCCOc2ccc(B(O)O)cc2)c1. The van der Waals surface area contributed by atoms with Crippen LogP contribution >= 0.6 is 11.8 Å². The quantitative estimate of drug-likeness (QED) is 0.482. The first-order valence-corrected chi connectivity index (χ1v) is 7.70. The molecule has 0 aliphatic carbocycles. The largest absolute Gasteiger partial charge is 0.493 e. The molecule has 21 heavy (non-hydrogen) atoms. The first-order chi connectivity index (χ1) is 10.0. The van der Waals surface area contributed by atoms with Gasteiger partial charge in [0.2, 0.25) is 0 Å². The number of aromatic nitrogens is 1. The highest BCUT2D eigenvalue weighted by Crippen LogP contribution is 2.18. The Morgan fingerprint density at radius 3 is 2.48 bits per heavy atom. The molecule has 0 saturated carbocycles. The molecule has 2 N–H and O–H groups in total. The fourth-order valence-electron chi connectivity index (χ4n) is 1.92. The van der Waals surface area contributed by atoms with E-state index < -0.39 is 7.12 Å². The van der Waals surface area contributed by atoms with E-state index in [2.05, 4.69) is 24.0 Å². The molecule has 0 saturated heterocycles. The van der Waals surface area contributed by atoms with Crippen LogP contribution < -0.4 is 10.2 Å². The van der Waals surface area contributed by atoms with Gasteiger partial charge in [-0.1, -0.05) is 12.1 Å². The normalized spacial score (nSPS) is 10.5. The molecule has 2 aromatic rings. The van der Waals surface area contributed by atoms with Gasteiger partial charge < -0.3 is 14.8 Å². The number of ether oxygens (including phenoxy) is 1. The van der Waals surface area contributed by atoms with E-state index in [9.17, 15) is 0 Å². The minimum atomic E-state index is -1.44. The number of hydrogen-bond donors (Lipinski definition) is 2. The van der Waals surface area contributed by atoms with Crippen LogP contribution in [0.5, 0.6) is 5.75 Å². The van der Waals surface area contributed by atoms with Gasteiger partial charge in [0.25, 0.3) is 0 Å². The van der Waals surface area contributed by atoms with Crippen LogP contribution in [-0.2, 0) is 0 Å². The Balaban J connectivity index is 1.79. The average Bonchev–Trinajstić information content (AvgIpc) is 2.43. The van der Waals surface area contributed by atoms with Crippen molar-refractivity contribution in [1.82, 2.24) is 4.98 Å². The molecule has 0 aliphatic rings. The van der Waals surface area contributed by atoms with Crippen molar-refractivity contribution in [3.63, 3.8) is 0 Å². The molecule has 0 fully saturated rings. The zero-order valence-electron chi connectivity index (χ0n) is 12.1. The molecule has 1 aromatic heterocycles. The van der Waals surface area contributed by atoms with E-state index in [1.54, 1.807) is 36.0 Å². The van der Waals surface area contributed by atoms with Gasteiger partial charge in [0.1, 0.15) is 5.75 Å². The maximum absolute atomic E-state index is 9.00. The molecule has 0 radical (unpaired) electrons. The summed E-state index contributed by atoms with van der Waals surface area (Å²) in [6, 6.07) is 10.9. The van der Waals surface area contributed by atoms with Crippen molar-refractivity contribution >= 4 is 24.3 Å². The molecule has 4 nitrogen and oxygen atoms in total. The van der Waals surface area contributed by atoms with Gasteiger partial charge in [-0.25, -0.2) is 4.98 Å². The second-order valence-corrected chi connectivity index (χ2v) is 5.88. The highest BCUT2D eigenvalue weighted by Gasteiger charge is 2.09. The van der Waals surface area contributed by atoms with E-state index in [-0.39, 0.29) is 0 Å². The summed E-state index contributed by atoms with van der Waals surface area (Å²) >= 11 is 1.66. The fourth-order valence-corrected chi connectivity index (χ4v) is 2.77. The van der Waals surface area contributed by atoms with Crippen molar-refractivity contribution in [3.05, 3.63) is 47.7 Å². The van der Waals surface area contributed by atoms with Crippen molar-refractivity contribution < 1.29 is 14.8 Å². The third-order valence-corrected chi connectivity index (χ3v) is 3.73. The maximum Gasteiger partial charge on any atom is 0.488 e. The number of hydrogen-bond acceptors (Lipinski definition) is 5. The van der Waals surface area contributed by atoms with Gasteiger partial charge in [0, 0.05) is 11.4 Å². The van der Waals surface area contributed by atoms with Crippen LogP contribution in [0.4, 0.5) is 0 Å². The Kier molecular flexibility index (Phi) is 5.67. The number of aryl methyl sites for hydroxylation is 2. The van der Waals surface area contributed by atoms with Gasteiger partial charge >= 0.3 is 7.12 Å². The monoisotopic (exact) mass is 303 g/mol. The minimum absolute atomic E-state index is 0.455. The van der Waals surface area contributed by atoms with Crippen LogP contribution in [0.3, 0.4) is 0 Å². The summed E-state index contributed by atoms with van der Waals surface area (Å²) in [7, 11) is -1.44. The van der Waals surface area contributed by atoms with E-state index in [0.29, 0.717) is 17.8 Å². The molecule has 1 aromatic carbocycles. The van der Waals surface area contributed by atoms with Crippen molar-refractivity contribution in [2.24, 2.45) is 0 Å². The zero-order valence-corrected chi connectivity index (χ0v) is 12.9. The third kappa shape index (κ3) is 5.08. The Morgan fingerprint density at radius 1 is 1.14 bits per heavy atom. The molecule has 2 rings (SSSR count). The highest BCUT2D eigenvalue weighted by molar-refractivity contribution is 7.99. The Bertz CT molecular complexity index is 570. The van der Waals surface area contributed by atoms with Gasteiger partial charge in [0.05, 0.1) is 11.6 Å². The lowest BCUT2D eigenvalue weighted by atomic mass is 9.80. The lowest BCUT2D eigenvalue weighted by Gasteiger charge is -2.07. The lowest BCUT2D eigenvalue weighted by Crippen LogP contribution is -2.29. The van der Waals surface area contributed by atoms with E-state index in [1.165, 1.54) is 5.56 Å². The molecule has 1 heterocycles. The van der Waals surface area contributed by atoms with Gasteiger partial charge in [-0.05, 0) is 49.1 Å². The van der Waals surface area contributed by atoms with Gasteiger partial charge in [0.15, 0.2) is 0 Å². The molecule has 0 bridgehead atoms. The summed E-state index contributed by atoms with van der Waals surface area (Å²) in [4.78, 5) is 4.46. The molecular formula is C15H18BNO3S. The summed E-state index contributed by atoms with van der Waals surface area (Å²) in [6.07, 6.45) is 0. The lowest BCUT2D eigenvalue weighted by molar-refractivity contribution is 0.344. The molecule has 0 amide bonds. The zero-order chi connectivity index (χ0) is 15.2. The van der Waals surface area contributed by atoms with E-state index >= 15 is 0 Å². The number of pyridine rings is 1. The Labute approximate surface area is 129 Å². The van der Waals surface area contributed by atoms with Crippen LogP contribution in [0.1, 0.15) is 11.3 Å².